The molecule has 7 heteroatoms. The Morgan fingerprint density at radius 1 is 1.30 bits per heavy atom. The van der Waals surface area contributed by atoms with E-state index in [1.807, 2.05) is 34.2 Å². The van der Waals surface area contributed by atoms with Gasteiger partial charge in [-0.15, -0.1) is 11.3 Å². The van der Waals surface area contributed by atoms with Gasteiger partial charge >= 0.3 is 0 Å². The summed E-state index contributed by atoms with van der Waals surface area (Å²) in [5.74, 6) is 0.131. The van der Waals surface area contributed by atoms with Crippen LogP contribution in [0.15, 0.2) is 36.2 Å². The summed E-state index contributed by atoms with van der Waals surface area (Å²) in [7, 11) is 0. The number of rotatable bonds is 5. The second kappa shape index (κ2) is 9.08. The summed E-state index contributed by atoms with van der Waals surface area (Å²) in [5.41, 5.74) is 0.927. The van der Waals surface area contributed by atoms with E-state index in [9.17, 15) is 9.59 Å². The Balaban J connectivity index is 1.64. The van der Waals surface area contributed by atoms with Gasteiger partial charge in [-0.2, -0.15) is 0 Å². The third-order valence-corrected chi connectivity index (χ3v) is 6.22. The van der Waals surface area contributed by atoms with E-state index in [1.54, 1.807) is 30.7 Å². The largest absolute Gasteiger partial charge is 0.342 e. The van der Waals surface area contributed by atoms with Crippen LogP contribution in [-0.4, -0.2) is 50.7 Å². The number of aromatic nitrogens is 2. The quantitative estimate of drug-likeness (QED) is 0.792. The molecular weight excluding hydrogens is 360 g/mol. The molecule has 0 radical (unpaired) electrons. The molecule has 2 aromatic rings. The lowest BCUT2D eigenvalue weighted by Crippen LogP contribution is -2.40. The second-order valence-electron chi connectivity index (χ2n) is 7.04. The third-order valence-electron chi connectivity index (χ3n) is 5.16. The molecule has 27 heavy (non-hydrogen) atoms. The van der Waals surface area contributed by atoms with Crippen molar-refractivity contribution in [3.8, 4) is 0 Å². The molecule has 0 bridgehead atoms. The zero-order valence-corrected chi connectivity index (χ0v) is 16.7. The van der Waals surface area contributed by atoms with E-state index in [-0.39, 0.29) is 23.8 Å². The van der Waals surface area contributed by atoms with Crippen LogP contribution in [0.4, 0.5) is 0 Å². The molecule has 2 atom stereocenters. The number of carbonyl (C=O) groups excluding carboxylic acids is 2. The lowest BCUT2D eigenvalue weighted by Gasteiger charge is -2.30. The van der Waals surface area contributed by atoms with Crippen molar-refractivity contribution in [1.82, 2.24) is 19.8 Å². The van der Waals surface area contributed by atoms with E-state index >= 15 is 0 Å². The lowest BCUT2D eigenvalue weighted by atomic mass is 10.1. The average Bonchev–Trinajstić information content (AvgIpc) is 3.11. The second-order valence-corrected chi connectivity index (χ2v) is 8.02. The maximum Gasteiger partial charge on any atom is 0.230 e. The van der Waals surface area contributed by atoms with Gasteiger partial charge in [0.1, 0.15) is 6.33 Å². The standard InChI is InChI=1S/C20H26N4O2S/c1-15(19-6-4-10-27-19)20(26)23-8-3-5-18(7-9-23)24(16(2)25)13-17-11-21-14-22-12-17/h4,6,10-12,14-15,18H,3,5,7-9,13H2,1-2H3/t15-,18+/m1/s1. The fraction of sp³-hybridized carbons (Fsp3) is 0.500. The smallest absolute Gasteiger partial charge is 0.230 e. The molecule has 0 N–H and O–H groups in total. The van der Waals surface area contributed by atoms with Crippen LogP contribution in [0.2, 0.25) is 0 Å². The first-order valence-corrected chi connectivity index (χ1v) is 10.3. The highest BCUT2D eigenvalue weighted by Crippen LogP contribution is 2.25. The highest BCUT2D eigenvalue weighted by atomic mass is 32.1. The molecule has 1 fully saturated rings. The Morgan fingerprint density at radius 2 is 2.07 bits per heavy atom. The number of hydrogen-bond donors (Lipinski definition) is 0. The van der Waals surface area contributed by atoms with Gasteiger partial charge in [0.2, 0.25) is 11.8 Å². The van der Waals surface area contributed by atoms with Crippen molar-refractivity contribution in [1.29, 1.82) is 0 Å². The first kappa shape index (κ1) is 19.5. The van der Waals surface area contributed by atoms with Gasteiger partial charge in [-0.25, -0.2) is 9.97 Å². The van der Waals surface area contributed by atoms with Crippen LogP contribution in [0.25, 0.3) is 0 Å². The van der Waals surface area contributed by atoms with Gasteiger partial charge < -0.3 is 9.80 Å². The maximum absolute atomic E-state index is 12.9. The zero-order valence-electron chi connectivity index (χ0n) is 15.9. The Labute approximate surface area is 164 Å². The number of hydrogen-bond acceptors (Lipinski definition) is 5. The van der Waals surface area contributed by atoms with Crippen LogP contribution in [0.1, 0.15) is 49.5 Å². The molecule has 2 amide bonds. The van der Waals surface area contributed by atoms with Gasteiger partial charge in [-0.05, 0) is 37.6 Å². The molecule has 0 spiro atoms. The highest BCUT2D eigenvalue weighted by molar-refractivity contribution is 7.10. The minimum absolute atomic E-state index is 0.0515. The average molecular weight is 387 g/mol. The molecule has 0 unspecified atom stereocenters. The lowest BCUT2D eigenvalue weighted by molar-refractivity contribution is -0.132. The summed E-state index contributed by atoms with van der Waals surface area (Å²) in [6.07, 6.45) is 7.60. The number of thiophene rings is 1. The van der Waals surface area contributed by atoms with Crippen molar-refractivity contribution in [2.45, 2.75) is 51.6 Å². The first-order chi connectivity index (χ1) is 13.1. The number of amides is 2. The summed E-state index contributed by atoms with van der Waals surface area (Å²) in [4.78, 5) is 38.2. The number of nitrogens with zero attached hydrogens (tertiary/aromatic N) is 4. The molecule has 1 aliphatic heterocycles. The molecule has 1 aliphatic rings. The molecule has 2 aromatic heterocycles. The van der Waals surface area contributed by atoms with E-state index in [1.165, 1.54) is 6.33 Å². The molecule has 144 valence electrons. The van der Waals surface area contributed by atoms with Crippen LogP contribution in [0, 0.1) is 0 Å². The first-order valence-electron chi connectivity index (χ1n) is 9.39. The molecule has 6 nitrogen and oxygen atoms in total. The number of likely N-dealkylation sites (tertiary alicyclic amines) is 1. The van der Waals surface area contributed by atoms with Crippen LogP contribution in [0.5, 0.6) is 0 Å². The van der Waals surface area contributed by atoms with Gasteiger partial charge in [-0.1, -0.05) is 6.07 Å². The van der Waals surface area contributed by atoms with E-state index in [4.69, 9.17) is 0 Å². The normalized spacial score (nSPS) is 18.6. The predicted octanol–water partition coefficient (Wildman–Crippen LogP) is 3.07. The Hall–Kier alpha value is -2.28. The minimum Gasteiger partial charge on any atom is -0.342 e. The van der Waals surface area contributed by atoms with Crippen LogP contribution in [0.3, 0.4) is 0 Å². The van der Waals surface area contributed by atoms with Crippen molar-refractivity contribution in [3.05, 3.63) is 46.7 Å². The molecule has 0 aromatic carbocycles. The highest BCUT2D eigenvalue weighted by Gasteiger charge is 2.29. The van der Waals surface area contributed by atoms with Gasteiger partial charge in [0.05, 0.1) is 5.92 Å². The van der Waals surface area contributed by atoms with Crippen molar-refractivity contribution in [2.24, 2.45) is 0 Å². The molecule has 1 saturated heterocycles. The van der Waals surface area contributed by atoms with Crippen molar-refractivity contribution >= 4 is 23.2 Å². The van der Waals surface area contributed by atoms with Crippen LogP contribution in [-0.2, 0) is 16.1 Å². The van der Waals surface area contributed by atoms with Crippen molar-refractivity contribution < 1.29 is 9.59 Å². The summed E-state index contributed by atoms with van der Waals surface area (Å²) < 4.78 is 0. The Bertz CT molecular complexity index is 751. The van der Waals surface area contributed by atoms with E-state index in [0.29, 0.717) is 13.1 Å². The Kier molecular flexibility index (Phi) is 6.55. The summed E-state index contributed by atoms with van der Waals surface area (Å²) >= 11 is 1.63. The van der Waals surface area contributed by atoms with Crippen LogP contribution >= 0.6 is 11.3 Å². The molecule has 3 rings (SSSR count). The topological polar surface area (TPSA) is 66.4 Å². The maximum atomic E-state index is 12.9. The molecular formula is C20H26N4O2S. The van der Waals surface area contributed by atoms with E-state index in [0.717, 1.165) is 36.2 Å². The van der Waals surface area contributed by atoms with Gasteiger partial charge in [-0.3, -0.25) is 9.59 Å². The molecule has 0 aliphatic carbocycles. The van der Waals surface area contributed by atoms with E-state index in [2.05, 4.69) is 9.97 Å². The fourth-order valence-corrected chi connectivity index (χ4v) is 4.43. The van der Waals surface area contributed by atoms with Gasteiger partial charge in [0.15, 0.2) is 0 Å². The zero-order chi connectivity index (χ0) is 19.2. The van der Waals surface area contributed by atoms with Crippen LogP contribution < -0.4 is 0 Å². The van der Waals surface area contributed by atoms with E-state index < -0.39 is 0 Å². The third kappa shape index (κ3) is 4.91. The molecule has 3 heterocycles. The fourth-order valence-electron chi connectivity index (χ4n) is 3.65. The van der Waals surface area contributed by atoms with Crippen molar-refractivity contribution in [2.75, 3.05) is 13.1 Å². The minimum atomic E-state index is -0.105. The molecule has 0 saturated carbocycles. The van der Waals surface area contributed by atoms with Crippen molar-refractivity contribution in [3.63, 3.8) is 0 Å². The SMILES string of the molecule is CC(=O)N(Cc1cncnc1)[C@H]1CCCN(C(=O)[C@H](C)c2cccs2)CC1. The Morgan fingerprint density at radius 3 is 2.74 bits per heavy atom. The summed E-state index contributed by atoms with van der Waals surface area (Å²) in [6, 6.07) is 4.14. The summed E-state index contributed by atoms with van der Waals surface area (Å²) in [5, 5.41) is 2.01. The van der Waals surface area contributed by atoms with Gasteiger partial charge in [0.25, 0.3) is 0 Å². The summed E-state index contributed by atoms with van der Waals surface area (Å²) in [6.45, 7) is 5.55. The predicted molar refractivity (Wildman–Crippen MR) is 105 cm³/mol. The van der Waals surface area contributed by atoms with Gasteiger partial charge in [0, 0.05) is 55.4 Å². The number of carbonyl (C=O) groups is 2. The monoisotopic (exact) mass is 386 g/mol.